The molecule has 0 aliphatic carbocycles. The SMILES string of the molecule is CCN1c2cc(F)c(/C=C3/C(=O)NC(=S)N(c4cccc(Cl)c4)C3=O)cc2C(C)CC1(C)C. The van der Waals surface area contributed by atoms with Crippen LogP contribution in [0.25, 0.3) is 6.08 Å². The highest BCUT2D eigenvalue weighted by atomic mass is 35.5. The molecule has 0 aromatic heterocycles. The number of thiocarbonyl (C=S) groups is 1. The third-order valence-electron chi connectivity index (χ3n) is 6.29. The van der Waals surface area contributed by atoms with E-state index in [9.17, 15) is 9.59 Å². The molecule has 1 fully saturated rings. The molecular formula is C25H25ClFN3O2S. The number of carbonyl (C=O) groups excluding carboxylic acids is 2. The lowest BCUT2D eigenvalue weighted by molar-refractivity contribution is -0.122. The van der Waals surface area contributed by atoms with Crippen molar-refractivity contribution in [1.29, 1.82) is 0 Å². The van der Waals surface area contributed by atoms with E-state index in [2.05, 4.69) is 31.0 Å². The molecule has 0 radical (unpaired) electrons. The Morgan fingerprint density at radius 1 is 1.27 bits per heavy atom. The number of amides is 2. The van der Waals surface area contributed by atoms with Gasteiger partial charge in [0.25, 0.3) is 11.8 Å². The minimum Gasteiger partial charge on any atom is -0.366 e. The molecule has 172 valence electrons. The van der Waals surface area contributed by atoms with Gasteiger partial charge in [0.05, 0.1) is 5.69 Å². The molecule has 5 nitrogen and oxygen atoms in total. The molecule has 1 atom stereocenters. The number of benzene rings is 2. The van der Waals surface area contributed by atoms with E-state index in [1.165, 1.54) is 17.0 Å². The van der Waals surface area contributed by atoms with Gasteiger partial charge in [-0.25, -0.2) is 4.39 Å². The lowest BCUT2D eigenvalue weighted by atomic mass is 9.79. The molecule has 2 aromatic rings. The first kappa shape index (κ1) is 23.4. The predicted octanol–water partition coefficient (Wildman–Crippen LogP) is 5.42. The summed E-state index contributed by atoms with van der Waals surface area (Å²) >= 11 is 11.3. The molecule has 0 spiro atoms. The zero-order chi connectivity index (χ0) is 24.1. The molecule has 1 unspecified atom stereocenters. The van der Waals surface area contributed by atoms with Crippen LogP contribution in [0.2, 0.25) is 5.02 Å². The Morgan fingerprint density at radius 3 is 2.67 bits per heavy atom. The Kier molecular flexibility index (Phi) is 6.05. The van der Waals surface area contributed by atoms with Gasteiger partial charge in [-0.15, -0.1) is 0 Å². The van der Waals surface area contributed by atoms with E-state index in [0.29, 0.717) is 10.7 Å². The maximum absolute atomic E-state index is 15.3. The van der Waals surface area contributed by atoms with Gasteiger partial charge in [0.15, 0.2) is 5.11 Å². The number of hydrogen-bond acceptors (Lipinski definition) is 4. The van der Waals surface area contributed by atoms with E-state index >= 15 is 4.39 Å². The number of nitrogens with zero attached hydrogens (tertiary/aromatic N) is 2. The topological polar surface area (TPSA) is 52.7 Å². The summed E-state index contributed by atoms with van der Waals surface area (Å²) in [6.07, 6.45) is 2.21. The van der Waals surface area contributed by atoms with Crippen LogP contribution >= 0.6 is 23.8 Å². The Hall–Kier alpha value is -2.77. The summed E-state index contributed by atoms with van der Waals surface area (Å²) in [4.78, 5) is 29.3. The molecule has 1 N–H and O–H groups in total. The second kappa shape index (κ2) is 8.54. The van der Waals surface area contributed by atoms with Gasteiger partial charge < -0.3 is 4.90 Å². The number of hydrogen-bond donors (Lipinski definition) is 1. The van der Waals surface area contributed by atoms with Crippen LogP contribution in [0.4, 0.5) is 15.8 Å². The first-order valence-electron chi connectivity index (χ1n) is 10.8. The number of anilines is 2. The highest BCUT2D eigenvalue weighted by Crippen LogP contribution is 2.44. The standard InChI is InChI=1S/C25H25ClFN3O2S/c1-5-29-21-12-20(27)15(9-18(21)14(2)13-25(29,3)4)10-19-22(31)28-24(33)30(23(19)32)17-8-6-7-16(26)11-17/h6-12,14H,5,13H2,1-4H3,(H,28,31,33)/b19-10-. The molecule has 0 saturated carbocycles. The van der Waals surface area contributed by atoms with E-state index in [1.807, 2.05) is 6.92 Å². The van der Waals surface area contributed by atoms with Crippen molar-refractivity contribution < 1.29 is 14.0 Å². The van der Waals surface area contributed by atoms with Crippen LogP contribution in [0.3, 0.4) is 0 Å². The number of nitrogens with one attached hydrogen (secondary N) is 1. The molecule has 4 rings (SSSR count). The van der Waals surface area contributed by atoms with Crippen LogP contribution in [-0.4, -0.2) is 29.0 Å². The summed E-state index contributed by atoms with van der Waals surface area (Å²) in [5, 5.41) is 2.89. The quantitative estimate of drug-likeness (QED) is 0.358. The van der Waals surface area contributed by atoms with Gasteiger partial charge >= 0.3 is 0 Å². The highest BCUT2D eigenvalue weighted by Gasteiger charge is 2.37. The maximum atomic E-state index is 15.3. The Labute approximate surface area is 203 Å². The minimum absolute atomic E-state index is 0.0511. The first-order chi connectivity index (χ1) is 15.5. The number of rotatable bonds is 3. The number of fused-ring (bicyclic) bond motifs is 1. The first-order valence-corrected chi connectivity index (χ1v) is 11.6. The van der Waals surface area contributed by atoms with Crippen molar-refractivity contribution in [3.63, 3.8) is 0 Å². The van der Waals surface area contributed by atoms with Crippen LogP contribution in [0.15, 0.2) is 42.0 Å². The maximum Gasteiger partial charge on any atom is 0.270 e. The van der Waals surface area contributed by atoms with Crippen LogP contribution in [0, 0.1) is 5.82 Å². The summed E-state index contributed by atoms with van der Waals surface area (Å²) in [7, 11) is 0. The normalized spacial score (nSPS) is 21.3. The van der Waals surface area contributed by atoms with Gasteiger partial charge in [0.2, 0.25) is 0 Å². The predicted molar refractivity (Wildman–Crippen MR) is 134 cm³/mol. The number of carbonyl (C=O) groups is 2. The third kappa shape index (κ3) is 4.15. The molecular weight excluding hydrogens is 461 g/mol. The van der Waals surface area contributed by atoms with E-state index in [0.717, 1.165) is 24.2 Å². The second-order valence-corrected chi connectivity index (χ2v) is 9.86. The Morgan fingerprint density at radius 2 is 2.00 bits per heavy atom. The smallest absolute Gasteiger partial charge is 0.270 e. The van der Waals surface area contributed by atoms with Crippen molar-refractivity contribution in [2.75, 3.05) is 16.3 Å². The molecule has 2 aromatic carbocycles. The van der Waals surface area contributed by atoms with E-state index in [-0.39, 0.29) is 27.7 Å². The van der Waals surface area contributed by atoms with Gasteiger partial charge in [-0.1, -0.05) is 24.6 Å². The van der Waals surface area contributed by atoms with Crippen LogP contribution in [0.5, 0.6) is 0 Å². The third-order valence-corrected chi connectivity index (χ3v) is 6.81. The Balaban J connectivity index is 1.78. The fourth-order valence-corrected chi connectivity index (χ4v) is 5.36. The lowest BCUT2D eigenvalue weighted by Crippen LogP contribution is -2.54. The zero-order valence-corrected chi connectivity index (χ0v) is 20.5. The number of halogens is 2. The molecule has 2 heterocycles. The molecule has 1 saturated heterocycles. The van der Waals surface area contributed by atoms with E-state index in [1.54, 1.807) is 30.3 Å². The summed E-state index contributed by atoms with van der Waals surface area (Å²) in [5.74, 6) is -1.59. The van der Waals surface area contributed by atoms with Crippen molar-refractivity contribution in [3.8, 4) is 0 Å². The zero-order valence-electron chi connectivity index (χ0n) is 18.9. The second-order valence-electron chi connectivity index (χ2n) is 9.03. The van der Waals surface area contributed by atoms with Crippen LogP contribution < -0.4 is 15.1 Å². The fraction of sp³-hybridized carbons (Fsp3) is 0.320. The highest BCUT2D eigenvalue weighted by molar-refractivity contribution is 7.80. The molecule has 2 aliphatic rings. The van der Waals surface area contributed by atoms with Crippen LogP contribution in [-0.2, 0) is 9.59 Å². The minimum atomic E-state index is -0.662. The largest absolute Gasteiger partial charge is 0.366 e. The van der Waals surface area contributed by atoms with Crippen molar-refractivity contribution in [2.45, 2.75) is 45.6 Å². The molecule has 0 bridgehead atoms. The Bertz CT molecular complexity index is 1210. The van der Waals surface area contributed by atoms with Gasteiger partial charge in [0, 0.05) is 28.4 Å². The summed E-state index contributed by atoms with van der Waals surface area (Å²) in [6.45, 7) is 9.22. The average Bonchev–Trinajstić information content (AvgIpc) is 2.71. The van der Waals surface area contributed by atoms with Crippen LogP contribution in [0.1, 0.15) is 51.2 Å². The van der Waals surface area contributed by atoms with Crippen molar-refractivity contribution in [3.05, 3.63) is 63.9 Å². The lowest BCUT2D eigenvalue weighted by Gasteiger charge is -2.47. The van der Waals surface area contributed by atoms with Gasteiger partial charge in [-0.2, -0.15) is 0 Å². The fourth-order valence-electron chi connectivity index (χ4n) is 4.89. The summed E-state index contributed by atoms with van der Waals surface area (Å²) in [6, 6.07) is 9.84. The monoisotopic (exact) mass is 485 g/mol. The molecule has 2 aliphatic heterocycles. The molecule has 8 heteroatoms. The van der Waals surface area contributed by atoms with Crippen molar-refractivity contribution >= 4 is 58.2 Å². The van der Waals surface area contributed by atoms with Gasteiger partial charge in [-0.3, -0.25) is 19.8 Å². The molecule has 33 heavy (non-hydrogen) atoms. The summed E-state index contributed by atoms with van der Waals surface area (Å²) < 4.78 is 15.3. The van der Waals surface area contributed by atoms with Crippen molar-refractivity contribution in [1.82, 2.24) is 5.32 Å². The van der Waals surface area contributed by atoms with Crippen molar-refractivity contribution in [2.24, 2.45) is 0 Å². The van der Waals surface area contributed by atoms with E-state index in [4.69, 9.17) is 23.8 Å². The van der Waals surface area contributed by atoms with E-state index < -0.39 is 17.6 Å². The van der Waals surface area contributed by atoms with Gasteiger partial charge in [-0.05, 0) is 87.3 Å². The van der Waals surface area contributed by atoms with Gasteiger partial charge in [0.1, 0.15) is 11.4 Å². The molecule has 2 amide bonds. The average molecular weight is 486 g/mol. The summed E-state index contributed by atoms with van der Waals surface area (Å²) in [5.41, 5.74) is 2.16.